The highest BCUT2D eigenvalue weighted by Crippen LogP contribution is 2.30. The van der Waals surface area contributed by atoms with Gasteiger partial charge in [-0.05, 0) is 86.4 Å². The molecule has 2 aromatic rings. The van der Waals surface area contributed by atoms with Crippen LogP contribution in [0.5, 0.6) is 5.75 Å². The van der Waals surface area contributed by atoms with Crippen molar-refractivity contribution in [3.05, 3.63) is 59.7 Å². The standard InChI is InChI=1S/C26H36N2O3S/c1-3-15-27(24-11-9-23-19-25(31-2)12-10-22(23)18-24)20-21-13-16-28(17-14-21)32(29,30)26-7-5-4-6-8-26/h4-8,10,12,19,21,24H,3,9,11,13-18,20H2,1-2H3. The summed E-state index contributed by atoms with van der Waals surface area (Å²) in [5.74, 6) is 1.51. The van der Waals surface area contributed by atoms with Gasteiger partial charge in [-0.2, -0.15) is 4.31 Å². The number of nitrogens with zero attached hydrogens (tertiary/aromatic N) is 2. The summed E-state index contributed by atoms with van der Waals surface area (Å²) in [6.07, 6.45) is 6.40. The zero-order valence-corrected chi connectivity index (χ0v) is 20.2. The van der Waals surface area contributed by atoms with Crippen molar-refractivity contribution < 1.29 is 13.2 Å². The van der Waals surface area contributed by atoms with Crippen LogP contribution in [0.3, 0.4) is 0 Å². The molecule has 1 fully saturated rings. The van der Waals surface area contributed by atoms with Gasteiger partial charge in [0.25, 0.3) is 0 Å². The molecule has 174 valence electrons. The second-order valence-corrected chi connectivity index (χ2v) is 11.1. The van der Waals surface area contributed by atoms with Gasteiger partial charge in [-0.25, -0.2) is 8.42 Å². The van der Waals surface area contributed by atoms with Crippen LogP contribution in [-0.2, 0) is 22.9 Å². The largest absolute Gasteiger partial charge is 0.497 e. The predicted molar refractivity (Wildman–Crippen MR) is 129 cm³/mol. The average Bonchev–Trinajstić information content (AvgIpc) is 2.84. The molecule has 0 N–H and O–H groups in total. The molecule has 0 saturated carbocycles. The van der Waals surface area contributed by atoms with E-state index in [2.05, 4.69) is 30.0 Å². The zero-order chi connectivity index (χ0) is 22.6. The first-order valence-corrected chi connectivity index (χ1v) is 13.4. The third-order valence-corrected chi connectivity index (χ3v) is 9.00. The molecule has 4 rings (SSSR count). The topological polar surface area (TPSA) is 49.9 Å². The van der Waals surface area contributed by atoms with Crippen LogP contribution >= 0.6 is 0 Å². The summed E-state index contributed by atoms with van der Waals surface area (Å²) in [4.78, 5) is 3.09. The highest BCUT2D eigenvalue weighted by atomic mass is 32.2. The molecular weight excluding hydrogens is 420 g/mol. The maximum absolute atomic E-state index is 12.9. The van der Waals surface area contributed by atoms with Gasteiger partial charge >= 0.3 is 0 Å². The van der Waals surface area contributed by atoms with Crippen LogP contribution in [-0.4, -0.2) is 57.0 Å². The summed E-state index contributed by atoms with van der Waals surface area (Å²) in [6.45, 7) is 5.68. The molecule has 2 aliphatic rings. The highest BCUT2D eigenvalue weighted by Gasteiger charge is 2.32. The second-order valence-electron chi connectivity index (χ2n) is 9.19. The number of fused-ring (bicyclic) bond motifs is 1. The van der Waals surface area contributed by atoms with Gasteiger partial charge in [-0.15, -0.1) is 0 Å². The second kappa shape index (κ2) is 10.4. The van der Waals surface area contributed by atoms with E-state index >= 15 is 0 Å². The van der Waals surface area contributed by atoms with Crippen LogP contribution in [0.1, 0.15) is 43.7 Å². The Morgan fingerprint density at radius 3 is 2.47 bits per heavy atom. The van der Waals surface area contributed by atoms with Gasteiger partial charge < -0.3 is 4.74 Å². The first-order chi connectivity index (χ1) is 15.5. The number of rotatable bonds is 8. The van der Waals surface area contributed by atoms with Gasteiger partial charge in [0.2, 0.25) is 10.0 Å². The first kappa shape index (κ1) is 23.3. The van der Waals surface area contributed by atoms with E-state index in [1.807, 2.05) is 6.07 Å². The Morgan fingerprint density at radius 1 is 1.03 bits per heavy atom. The van der Waals surface area contributed by atoms with Crippen LogP contribution in [0, 0.1) is 5.92 Å². The summed E-state index contributed by atoms with van der Waals surface area (Å²) in [5.41, 5.74) is 2.88. The van der Waals surface area contributed by atoms with E-state index in [-0.39, 0.29) is 0 Å². The van der Waals surface area contributed by atoms with E-state index < -0.39 is 10.0 Å². The maximum Gasteiger partial charge on any atom is 0.243 e. The summed E-state index contributed by atoms with van der Waals surface area (Å²) in [7, 11) is -1.65. The lowest BCUT2D eigenvalue weighted by Gasteiger charge is -2.39. The van der Waals surface area contributed by atoms with E-state index in [1.54, 1.807) is 35.7 Å². The van der Waals surface area contributed by atoms with Crippen molar-refractivity contribution in [2.75, 3.05) is 33.3 Å². The zero-order valence-electron chi connectivity index (χ0n) is 19.4. The molecule has 32 heavy (non-hydrogen) atoms. The van der Waals surface area contributed by atoms with Crippen molar-refractivity contribution in [3.63, 3.8) is 0 Å². The minimum atomic E-state index is -3.37. The number of methoxy groups -OCH3 is 1. The molecule has 1 unspecified atom stereocenters. The minimum absolute atomic E-state index is 0.406. The maximum atomic E-state index is 12.9. The van der Waals surface area contributed by atoms with Crippen molar-refractivity contribution in [2.24, 2.45) is 5.92 Å². The molecule has 1 atom stereocenters. The number of sulfonamides is 1. The smallest absolute Gasteiger partial charge is 0.243 e. The Bertz CT molecular complexity index is 985. The Labute approximate surface area is 193 Å². The Kier molecular flexibility index (Phi) is 7.54. The van der Waals surface area contributed by atoms with Crippen LogP contribution in [0.2, 0.25) is 0 Å². The van der Waals surface area contributed by atoms with Gasteiger partial charge in [0, 0.05) is 25.7 Å². The van der Waals surface area contributed by atoms with Crippen LogP contribution in [0.25, 0.3) is 0 Å². The van der Waals surface area contributed by atoms with Crippen LogP contribution in [0.4, 0.5) is 0 Å². The number of hydrogen-bond acceptors (Lipinski definition) is 4. The van der Waals surface area contributed by atoms with E-state index in [1.165, 1.54) is 17.5 Å². The number of benzene rings is 2. The molecule has 6 heteroatoms. The van der Waals surface area contributed by atoms with Gasteiger partial charge in [0.15, 0.2) is 0 Å². The summed E-state index contributed by atoms with van der Waals surface area (Å²) in [5, 5.41) is 0. The molecule has 0 aromatic heterocycles. The molecule has 1 saturated heterocycles. The van der Waals surface area contributed by atoms with Crippen molar-refractivity contribution >= 4 is 10.0 Å². The van der Waals surface area contributed by atoms with E-state index in [9.17, 15) is 8.42 Å². The van der Waals surface area contributed by atoms with E-state index in [0.29, 0.717) is 29.9 Å². The Hall–Kier alpha value is -1.89. The SMILES string of the molecule is CCCN(CC1CCN(S(=O)(=O)c2ccccc2)CC1)C1CCc2cc(OC)ccc2C1. The van der Waals surface area contributed by atoms with Gasteiger partial charge in [-0.3, -0.25) is 4.90 Å². The molecule has 5 nitrogen and oxygen atoms in total. The van der Waals surface area contributed by atoms with E-state index in [4.69, 9.17) is 4.74 Å². The third-order valence-electron chi connectivity index (χ3n) is 7.09. The molecule has 2 aromatic carbocycles. The fourth-order valence-electron chi connectivity index (χ4n) is 5.27. The lowest BCUT2D eigenvalue weighted by atomic mass is 9.86. The van der Waals surface area contributed by atoms with Crippen LogP contribution < -0.4 is 4.74 Å². The minimum Gasteiger partial charge on any atom is -0.497 e. The number of aryl methyl sites for hydroxylation is 1. The van der Waals surface area contributed by atoms with E-state index in [0.717, 1.165) is 50.9 Å². The van der Waals surface area contributed by atoms with Crippen LogP contribution in [0.15, 0.2) is 53.4 Å². The monoisotopic (exact) mass is 456 g/mol. The summed E-state index contributed by atoms with van der Waals surface area (Å²) >= 11 is 0. The first-order valence-electron chi connectivity index (χ1n) is 12.0. The lowest BCUT2D eigenvalue weighted by Crippen LogP contribution is -2.45. The lowest BCUT2D eigenvalue weighted by molar-refractivity contribution is 0.129. The van der Waals surface area contributed by atoms with Crippen molar-refractivity contribution in [1.29, 1.82) is 0 Å². The molecular formula is C26H36N2O3S. The Balaban J connectivity index is 1.36. The fraction of sp³-hybridized carbons (Fsp3) is 0.538. The average molecular weight is 457 g/mol. The van der Waals surface area contributed by atoms with Crippen molar-refractivity contribution in [2.45, 2.75) is 56.4 Å². The number of ether oxygens (including phenoxy) is 1. The molecule has 0 amide bonds. The number of piperidine rings is 1. The van der Waals surface area contributed by atoms with Gasteiger partial charge in [-0.1, -0.05) is 31.2 Å². The molecule has 0 radical (unpaired) electrons. The van der Waals surface area contributed by atoms with Crippen molar-refractivity contribution in [1.82, 2.24) is 9.21 Å². The molecule has 1 aliphatic carbocycles. The molecule has 1 aliphatic heterocycles. The molecule has 0 spiro atoms. The quantitative estimate of drug-likeness (QED) is 0.592. The molecule has 1 heterocycles. The number of hydrogen-bond donors (Lipinski definition) is 0. The van der Waals surface area contributed by atoms with Crippen molar-refractivity contribution in [3.8, 4) is 5.75 Å². The fourth-order valence-corrected chi connectivity index (χ4v) is 6.76. The van der Waals surface area contributed by atoms with Gasteiger partial charge in [0.05, 0.1) is 12.0 Å². The summed E-state index contributed by atoms with van der Waals surface area (Å²) in [6, 6.07) is 15.9. The summed E-state index contributed by atoms with van der Waals surface area (Å²) < 4.78 is 32.9. The Morgan fingerprint density at radius 2 is 1.78 bits per heavy atom. The molecule has 0 bridgehead atoms. The normalized spacial score (nSPS) is 20.3. The third kappa shape index (κ3) is 5.19. The van der Waals surface area contributed by atoms with Gasteiger partial charge in [0.1, 0.15) is 5.75 Å². The highest BCUT2D eigenvalue weighted by molar-refractivity contribution is 7.89. The predicted octanol–water partition coefficient (Wildman–Crippen LogP) is 4.37.